The molecule has 168 valence electrons. The largest absolute Gasteiger partial charge is 0.465 e. The fourth-order valence-electron chi connectivity index (χ4n) is 3.66. The van der Waals surface area contributed by atoms with E-state index in [0.29, 0.717) is 13.0 Å². The Morgan fingerprint density at radius 1 is 1.28 bits per heavy atom. The molecule has 1 aromatic carbocycles. The number of rotatable bonds is 5. The zero-order chi connectivity index (χ0) is 22.9. The van der Waals surface area contributed by atoms with Gasteiger partial charge in [0.2, 0.25) is 0 Å². The quantitative estimate of drug-likeness (QED) is 0.619. The van der Waals surface area contributed by atoms with Gasteiger partial charge in [0.05, 0.1) is 24.3 Å². The molecular weight excluding hydrogens is 431 g/mol. The van der Waals surface area contributed by atoms with Crippen LogP contribution in [0.15, 0.2) is 53.3 Å². The summed E-state index contributed by atoms with van der Waals surface area (Å²) in [6.45, 7) is 0.415. The highest BCUT2D eigenvalue weighted by molar-refractivity contribution is 5.90. The van der Waals surface area contributed by atoms with Crippen LogP contribution in [-0.4, -0.2) is 55.4 Å². The highest BCUT2D eigenvalue weighted by atomic mass is 19.4. The molecule has 1 saturated heterocycles. The fourth-order valence-corrected chi connectivity index (χ4v) is 3.66. The lowest BCUT2D eigenvalue weighted by Crippen LogP contribution is -2.39. The monoisotopic (exact) mass is 449 g/mol. The Morgan fingerprint density at radius 3 is 2.78 bits per heavy atom. The Labute approximate surface area is 179 Å². The lowest BCUT2D eigenvalue weighted by molar-refractivity contribution is -0.137. The molecule has 1 aliphatic rings. The van der Waals surface area contributed by atoms with Crippen molar-refractivity contribution in [3.63, 3.8) is 0 Å². The third-order valence-electron chi connectivity index (χ3n) is 5.13. The minimum atomic E-state index is -4.51. The van der Waals surface area contributed by atoms with Gasteiger partial charge in [0.15, 0.2) is 5.76 Å². The number of oxazole rings is 1. The number of aromatic nitrogens is 3. The molecule has 2 amide bonds. The molecule has 32 heavy (non-hydrogen) atoms. The molecular formula is C20H18F3N5O4. The van der Waals surface area contributed by atoms with Gasteiger partial charge in [0.1, 0.15) is 0 Å². The Balaban J connectivity index is 1.44. The van der Waals surface area contributed by atoms with Gasteiger partial charge in [-0.15, -0.1) is 0 Å². The van der Waals surface area contributed by atoms with E-state index in [2.05, 4.69) is 15.4 Å². The molecule has 0 aliphatic carbocycles. The molecule has 1 unspecified atom stereocenters. The first-order valence-electron chi connectivity index (χ1n) is 9.62. The van der Waals surface area contributed by atoms with Crippen LogP contribution in [0, 0.1) is 0 Å². The summed E-state index contributed by atoms with van der Waals surface area (Å²) in [5.74, 6) is -0.996. The zero-order valence-corrected chi connectivity index (χ0v) is 16.5. The van der Waals surface area contributed by atoms with Crippen LogP contribution in [0.4, 0.5) is 18.0 Å². The summed E-state index contributed by atoms with van der Waals surface area (Å²) >= 11 is 0. The first-order valence-corrected chi connectivity index (χ1v) is 9.62. The average molecular weight is 449 g/mol. The third kappa shape index (κ3) is 4.58. The number of hydrogen-bond donors (Lipinski definition) is 2. The molecule has 3 aromatic rings. The predicted molar refractivity (Wildman–Crippen MR) is 104 cm³/mol. The number of benzene rings is 1. The fraction of sp³-hybridized carbons (Fsp3) is 0.300. The number of hydrogen-bond acceptors (Lipinski definition) is 5. The SMILES string of the molecule is O=C(NC1C[C@H](Cn2cccn2)N(C(=O)O)C1)c1ncc(-c2cccc(C(F)(F)F)c2)o1. The number of alkyl halides is 3. The topological polar surface area (TPSA) is 113 Å². The van der Waals surface area contributed by atoms with E-state index in [1.807, 2.05) is 0 Å². The van der Waals surface area contributed by atoms with E-state index in [0.717, 1.165) is 12.1 Å². The van der Waals surface area contributed by atoms with Gasteiger partial charge in [-0.3, -0.25) is 9.48 Å². The molecule has 3 heterocycles. The second kappa shape index (κ2) is 8.36. The van der Waals surface area contributed by atoms with Gasteiger partial charge >= 0.3 is 18.2 Å². The normalized spacial score (nSPS) is 18.7. The number of nitrogens with one attached hydrogen (secondary N) is 1. The van der Waals surface area contributed by atoms with Crippen molar-refractivity contribution in [3.05, 3.63) is 60.4 Å². The van der Waals surface area contributed by atoms with Crippen LogP contribution in [0.3, 0.4) is 0 Å². The van der Waals surface area contributed by atoms with E-state index in [-0.39, 0.29) is 29.8 Å². The number of carboxylic acid groups (broad SMARTS) is 1. The van der Waals surface area contributed by atoms with Crippen LogP contribution in [0.25, 0.3) is 11.3 Å². The van der Waals surface area contributed by atoms with Crippen molar-refractivity contribution in [1.29, 1.82) is 0 Å². The maximum atomic E-state index is 12.9. The van der Waals surface area contributed by atoms with Gasteiger partial charge in [-0.25, -0.2) is 9.78 Å². The smallest absolute Gasteiger partial charge is 0.416 e. The number of carbonyl (C=O) groups is 2. The van der Waals surface area contributed by atoms with Crippen LogP contribution >= 0.6 is 0 Å². The number of carbonyl (C=O) groups excluding carboxylic acids is 1. The van der Waals surface area contributed by atoms with Gasteiger partial charge in [0, 0.05) is 30.5 Å². The van der Waals surface area contributed by atoms with Crippen LogP contribution < -0.4 is 5.32 Å². The lowest BCUT2D eigenvalue weighted by atomic mass is 10.1. The molecule has 0 radical (unpaired) electrons. The average Bonchev–Trinajstić information content (AvgIpc) is 3.49. The Kier molecular flexibility index (Phi) is 5.59. The van der Waals surface area contributed by atoms with Crippen LogP contribution in [0.1, 0.15) is 22.7 Å². The van der Waals surface area contributed by atoms with Crippen molar-refractivity contribution in [2.75, 3.05) is 6.54 Å². The lowest BCUT2D eigenvalue weighted by Gasteiger charge is -2.20. The number of likely N-dealkylation sites (tertiary alicyclic amines) is 1. The van der Waals surface area contributed by atoms with Crippen molar-refractivity contribution in [1.82, 2.24) is 25.0 Å². The second-order valence-electron chi connectivity index (χ2n) is 7.33. The van der Waals surface area contributed by atoms with Gasteiger partial charge < -0.3 is 19.7 Å². The minimum absolute atomic E-state index is 0.0105. The highest BCUT2D eigenvalue weighted by Crippen LogP contribution is 2.32. The summed E-state index contributed by atoms with van der Waals surface area (Å²) in [7, 11) is 0. The molecule has 2 atom stereocenters. The first-order chi connectivity index (χ1) is 15.2. The molecule has 4 rings (SSSR count). The van der Waals surface area contributed by atoms with Crippen molar-refractivity contribution in [3.8, 4) is 11.3 Å². The summed E-state index contributed by atoms with van der Waals surface area (Å²) < 4.78 is 45.7. The third-order valence-corrected chi connectivity index (χ3v) is 5.13. The number of amides is 2. The van der Waals surface area contributed by atoms with E-state index in [1.165, 1.54) is 23.2 Å². The molecule has 0 saturated carbocycles. The maximum Gasteiger partial charge on any atom is 0.416 e. The highest BCUT2D eigenvalue weighted by Gasteiger charge is 2.37. The molecule has 0 spiro atoms. The predicted octanol–water partition coefficient (Wildman–Crippen LogP) is 3.11. The van der Waals surface area contributed by atoms with E-state index in [1.54, 1.807) is 23.1 Å². The first kappa shape index (κ1) is 21.4. The maximum absolute atomic E-state index is 12.9. The van der Waals surface area contributed by atoms with Gasteiger partial charge in [0.25, 0.3) is 5.89 Å². The van der Waals surface area contributed by atoms with E-state index in [4.69, 9.17) is 4.42 Å². The zero-order valence-electron chi connectivity index (χ0n) is 16.5. The van der Waals surface area contributed by atoms with Crippen molar-refractivity contribution in [2.24, 2.45) is 0 Å². The molecule has 2 aromatic heterocycles. The molecule has 9 nitrogen and oxygen atoms in total. The standard InChI is InChI=1S/C20H18F3N5O4/c21-20(22,23)13-4-1-3-12(7-13)16-9-24-18(32-16)17(29)26-14-8-15(28(10-14)19(30)31)11-27-6-2-5-25-27/h1-7,9,14-15H,8,10-11H2,(H,26,29)(H,30,31)/t14?,15-/m1/s1. The molecule has 1 aliphatic heterocycles. The van der Waals surface area contributed by atoms with Crippen LogP contribution in [-0.2, 0) is 12.7 Å². The molecule has 0 bridgehead atoms. The number of halogens is 3. The van der Waals surface area contributed by atoms with Crippen LogP contribution in [0.2, 0.25) is 0 Å². The van der Waals surface area contributed by atoms with Gasteiger partial charge in [-0.2, -0.15) is 18.3 Å². The van der Waals surface area contributed by atoms with E-state index in [9.17, 15) is 27.9 Å². The molecule has 2 N–H and O–H groups in total. The summed E-state index contributed by atoms with van der Waals surface area (Å²) in [5.41, 5.74) is -0.719. The Morgan fingerprint density at radius 2 is 2.09 bits per heavy atom. The second-order valence-corrected chi connectivity index (χ2v) is 7.33. The van der Waals surface area contributed by atoms with Gasteiger partial charge in [-0.1, -0.05) is 12.1 Å². The summed E-state index contributed by atoms with van der Waals surface area (Å²) in [6.07, 6.45) is -0.788. The van der Waals surface area contributed by atoms with Gasteiger partial charge in [-0.05, 0) is 24.6 Å². The van der Waals surface area contributed by atoms with E-state index < -0.39 is 29.8 Å². The summed E-state index contributed by atoms with van der Waals surface area (Å²) in [6, 6.07) is 5.35. The summed E-state index contributed by atoms with van der Waals surface area (Å²) in [4.78, 5) is 29.2. The minimum Gasteiger partial charge on any atom is -0.465 e. The van der Waals surface area contributed by atoms with Crippen molar-refractivity contribution >= 4 is 12.0 Å². The summed E-state index contributed by atoms with van der Waals surface area (Å²) in [5, 5.41) is 16.2. The van der Waals surface area contributed by atoms with Crippen molar-refractivity contribution in [2.45, 2.75) is 31.2 Å². The Hall–Kier alpha value is -3.83. The van der Waals surface area contributed by atoms with Crippen molar-refractivity contribution < 1.29 is 32.3 Å². The Bertz CT molecular complexity index is 1110. The van der Waals surface area contributed by atoms with Crippen LogP contribution in [0.5, 0.6) is 0 Å². The molecule has 12 heteroatoms. The number of nitrogens with zero attached hydrogens (tertiary/aromatic N) is 4. The van der Waals surface area contributed by atoms with E-state index >= 15 is 0 Å². The molecule has 1 fully saturated rings.